The highest BCUT2D eigenvalue weighted by Crippen LogP contribution is 2.24. The predicted molar refractivity (Wildman–Crippen MR) is 104 cm³/mol. The summed E-state index contributed by atoms with van der Waals surface area (Å²) in [6, 6.07) is 5.46. The zero-order valence-electron chi connectivity index (χ0n) is 12.9. The second-order valence-electron chi connectivity index (χ2n) is 4.94. The summed E-state index contributed by atoms with van der Waals surface area (Å²) in [5, 5.41) is 3.71. The number of amides is 1. The number of allylic oxidation sites excluding steroid dienone is 3. The number of carbonyl (C=O) groups is 1. The van der Waals surface area contributed by atoms with E-state index in [1.54, 1.807) is 12.1 Å². The first-order valence-electron chi connectivity index (χ1n) is 7.28. The third-order valence-electron chi connectivity index (χ3n) is 3.47. The van der Waals surface area contributed by atoms with Crippen molar-refractivity contribution in [3.63, 3.8) is 0 Å². The molecule has 0 aliphatic heterocycles. The van der Waals surface area contributed by atoms with Gasteiger partial charge in [-0.15, -0.1) is 5.03 Å². The summed E-state index contributed by atoms with van der Waals surface area (Å²) in [6.45, 7) is 5.81. The van der Waals surface area contributed by atoms with Crippen LogP contribution in [0.1, 0.15) is 24.2 Å². The molecule has 0 saturated heterocycles. The van der Waals surface area contributed by atoms with Crippen molar-refractivity contribution in [2.75, 3.05) is 13.1 Å². The average molecular weight is 457 g/mol. The minimum atomic E-state index is -0.165. The van der Waals surface area contributed by atoms with Gasteiger partial charge in [-0.1, -0.05) is 44.0 Å². The molecule has 0 radical (unpaired) electrons. The summed E-state index contributed by atoms with van der Waals surface area (Å²) in [7, 11) is 0. The van der Waals surface area contributed by atoms with Crippen LogP contribution in [0.4, 0.5) is 0 Å². The minimum absolute atomic E-state index is 0.165. The number of benzene rings is 1. The van der Waals surface area contributed by atoms with Crippen LogP contribution in [0.15, 0.2) is 61.7 Å². The molecule has 1 aromatic rings. The Kier molecular flexibility index (Phi) is 6.44. The molecule has 0 unspecified atom stereocenters. The van der Waals surface area contributed by atoms with E-state index >= 15 is 0 Å². The maximum absolute atomic E-state index is 12.5. The van der Waals surface area contributed by atoms with Crippen molar-refractivity contribution in [1.29, 1.82) is 0 Å². The molecule has 6 heteroatoms. The van der Waals surface area contributed by atoms with Gasteiger partial charge in [0.15, 0.2) is 0 Å². The Morgan fingerprint density at radius 1 is 1.17 bits per heavy atom. The Morgan fingerprint density at radius 3 is 2.35 bits per heavy atom. The zero-order valence-corrected chi connectivity index (χ0v) is 16.9. The minimum Gasteiger partial charge on any atom is -0.762 e. The van der Waals surface area contributed by atoms with E-state index in [2.05, 4.69) is 55.9 Å². The normalized spacial score (nSPS) is 15.4. The Morgan fingerprint density at radius 2 is 1.78 bits per heavy atom. The highest BCUT2D eigenvalue weighted by atomic mass is 79.9. The van der Waals surface area contributed by atoms with Crippen molar-refractivity contribution < 1.29 is 4.79 Å². The van der Waals surface area contributed by atoms with Gasteiger partial charge in [-0.25, -0.2) is 0 Å². The SMILES string of the molecule is CCN(CC)/C([S-])=C1/C=CC=C1NC(=O)c1cc(Br)cc(Br)c1. The van der Waals surface area contributed by atoms with Gasteiger partial charge < -0.3 is 22.8 Å². The van der Waals surface area contributed by atoms with Crippen LogP contribution in [0.2, 0.25) is 0 Å². The van der Waals surface area contributed by atoms with Gasteiger partial charge in [-0.3, -0.25) is 4.79 Å². The lowest BCUT2D eigenvalue weighted by atomic mass is 10.2. The van der Waals surface area contributed by atoms with Crippen LogP contribution in [0.5, 0.6) is 0 Å². The Balaban J connectivity index is 2.22. The molecule has 122 valence electrons. The number of halogens is 2. The molecule has 0 fully saturated rings. The van der Waals surface area contributed by atoms with Crippen LogP contribution in [0.3, 0.4) is 0 Å². The fourth-order valence-corrected chi connectivity index (χ4v) is 4.01. The van der Waals surface area contributed by atoms with Crippen molar-refractivity contribution in [2.24, 2.45) is 0 Å². The second kappa shape index (κ2) is 8.13. The fraction of sp³-hybridized carbons (Fsp3) is 0.235. The molecule has 23 heavy (non-hydrogen) atoms. The average Bonchev–Trinajstić information content (AvgIpc) is 2.95. The van der Waals surface area contributed by atoms with Crippen molar-refractivity contribution in [1.82, 2.24) is 10.2 Å². The lowest BCUT2D eigenvalue weighted by molar-refractivity contribution is 0.0966. The van der Waals surface area contributed by atoms with Gasteiger partial charge in [0.2, 0.25) is 0 Å². The van der Waals surface area contributed by atoms with E-state index in [4.69, 9.17) is 12.6 Å². The van der Waals surface area contributed by atoms with E-state index in [1.807, 2.05) is 24.3 Å². The lowest BCUT2D eigenvalue weighted by Crippen LogP contribution is -2.27. The molecule has 1 aromatic carbocycles. The first kappa shape index (κ1) is 18.2. The molecule has 0 saturated carbocycles. The third-order valence-corrected chi connectivity index (χ3v) is 4.86. The van der Waals surface area contributed by atoms with Crippen LogP contribution in [0.25, 0.3) is 0 Å². The summed E-state index contributed by atoms with van der Waals surface area (Å²) in [5.74, 6) is -0.165. The maximum Gasteiger partial charge on any atom is 0.255 e. The molecular weight excluding hydrogens is 440 g/mol. The van der Waals surface area contributed by atoms with Crippen molar-refractivity contribution in [2.45, 2.75) is 13.8 Å². The predicted octanol–water partition coefficient (Wildman–Crippen LogP) is 4.50. The molecule has 1 N–H and O–H groups in total. The topological polar surface area (TPSA) is 32.3 Å². The van der Waals surface area contributed by atoms with Gasteiger partial charge in [-0.05, 0) is 43.7 Å². The molecule has 0 spiro atoms. The summed E-state index contributed by atoms with van der Waals surface area (Å²) < 4.78 is 1.69. The van der Waals surface area contributed by atoms with Crippen LogP contribution in [-0.4, -0.2) is 23.9 Å². The van der Waals surface area contributed by atoms with E-state index in [0.29, 0.717) is 5.56 Å². The fourth-order valence-electron chi connectivity index (χ4n) is 2.28. The van der Waals surface area contributed by atoms with E-state index in [-0.39, 0.29) is 5.91 Å². The van der Waals surface area contributed by atoms with Gasteiger partial charge >= 0.3 is 0 Å². The van der Waals surface area contributed by atoms with Gasteiger partial charge in [0.1, 0.15) is 0 Å². The van der Waals surface area contributed by atoms with E-state index < -0.39 is 0 Å². The molecule has 2 rings (SSSR count). The Hall–Kier alpha value is -1.11. The van der Waals surface area contributed by atoms with Crippen LogP contribution in [-0.2, 0) is 12.6 Å². The number of hydrogen-bond donors (Lipinski definition) is 1. The molecule has 1 aliphatic rings. The first-order chi connectivity index (χ1) is 11.0. The molecular formula is C17H17Br2N2OS-. The Bertz CT molecular complexity index is 686. The second-order valence-corrected chi connectivity index (χ2v) is 7.16. The lowest BCUT2D eigenvalue weighted by Gasteiger charge is -2.32. The number of nitrogens with one attached hydrogen (secondary N) is 1. The maximum atomic E-state index is 12.5. The number of nitrogens with zero attached hydrogens (tertiary/aromatic N) is 1. The summed E-state index contributed by atoms with van der Waals surface area (Å²) in [5.41, 5.74) is 2.20. The molecule has 0 atom stereocenters. The monoisotopic (exact) mass is 455 g/mol. The number of hydrogen-bond acceptors (Lipinski definition) is 3. The van der Waals surface area contributed by atoms with Crippen LogP contribution >= 0.6 is 31.9 Å². The molecule has 3 nitrogen and oxygen atoms in total. The smallest absolute Gasteiger partial charge is 0.255 e. The molecule has 0 aromatic heterocycles. The van der Waals surface area contributed by atoms with Crippen molar-refractivity contribution in [3.8, 4) is 0 Å². The first-order valence-corrected chi connectivity index (χ1v) is 9.28. The van der Waals surface area contributed by atoms with E-state index in [0.717, 1.165) is 38.3 Å². The largest absolute Gasteiger partial charge is 0.762 e. The molecule has 1 aliphatic carbocycles. The van der Waals surface area contributed by atoms with Gasteiger partial charge in [0.25, 0.3) is 5.91 Å². The van der Waals surface area contributed by atoms with E-state index in [1.165, 1.54) is 0 Å². The third kappa shape index (κ3) is 4.46. The van der Waals surface area contributed by atoms with Crippen LogP contribution in [0, 0.1) is 0 Å². The standard InChI is InChI=1S/C17H18Br2N2OS/c1-3-21(4-2)17(23)14-6-5-7-15(14)20-16(22)11-8-12(18)10-13(19)9-11/h5-10,23H,3-4H2,1-2H3,(H,20,22)/p-1/b17-14+. The summed E-state index contributed by atoms with van der Waals surface area (Å²) in [6.07, 6.45) is 5.71. The molecule has 0 bridgehead atoms. The molecule has 0 heterocycles. The van der Waals surface area contributed by atoms with Gasteiger partial charge in [-0.2, -0.15) is 0 Å². The van der Waals surface area contributed by atoms with Gasteiger partial charge in [0, 0.05) is 33.3 Å². The Labute approximate surface area is 159 Å². The number of rotatable bonds is 5. The number of carbonyl (C=O) groups excluding carboxylic acids is 1. The molecule has 1 amide bonds. The summed E-state index contributed by atoms with van der Waals surface area (Å²) >= 11 is 12.3. The van der Waals surface area contributed by atoms with Crippen molar-refractivity contribution in [3.05, 3.63) is 67.2 Å². The highest BCUT2D eigenvalue weighted by Gasteiger charge is 2.14. The highest BCUT2D eigenvalue weighted by molar-refractivity contribution is 9.11. The summed E-state index contributed by atoms with van der Waals surface area (Å²) in [4.78, 5) is 14.6. The quantitative estimate of drug-likeness (QED) is 0.662. The van der Waals surface area contributed by atoms with E-state index in [9.17, 15) is 4.79 Å². The van der Waals surface area contributed by atoms with Gasteiger partial charge in [0.05, 0.1) is 0 Å². The van der Waals surface area contributed by atoms with Crippen LogP contribution < -0.4 is 5.32 Å². The van der Waals surface area contributed by atoms with Crippen molar-refractivity contribution >= 4 is 50.4 Å². The zero-order chi connectivity index (χ0) is 17.0.